The van der Waals surface area contributed by atoms with Crippen molar-refractivity contribution < 1.29 is 31.8 Å². The molecule has 1 fully saturated rings. The number of carbonyl (C=O) groups excluding carboxylic acids is 1. The molecule has 37 heavy (non-hydrogen) atoms. The summed E-state index contributed by atoms with van der Waals surface area (Å²) in [5, 5.41) is 0. The summed E-state index contributed by atoms with van der Waals surface area (Å²) in [6.45, 7) is 2.81. The number of anilines is 2. The maximum absolute atomic E-state index is 14.8. The second kappa shape index (κ2) is 10.1. The van der Waals surface area contributed by atoms with E-state index in [2.05, 4.69) is 24.9 Å². The maximum atomic E-state index is 14.8. The van der Waals surface area contributed by atoms with E-state index in [1.165, 1.54) is 31.1 Å². The lowest BCUT2D eigenvalue weighted by atomic mass is 10.2. The number of ether oxygens (including phenoxy) is 2. The Morgan fingerprint density at radius 3 is 2.62 bits per heavy atom. The van der Waals surface area contributed by atoms with Gasteiger partial charge >= 0.3 is 12.2 Å². The number of carbonyl (C=O) groups is 1. The van der Waals surface area contributed by atoms with Crippen molar-refractivity contribution in [3.05, 3.63) is 41.5 Å². The van der Waals surface area contributed by atoms with E-state index in [0.29, 0.717) is 19.8 Å². The number of nitrogen functional groups attached to an aromatic ring is 1. The van der Waals surface area contributed by atoms with Crippen LogP contribution in [0, 0.1) is 5.82 Å². The minimum atomic E-state index is -4.90. The number of aromatic nitrogens is 5. The van der Waals surface area contributed by atoms with Crippen LogP contribution in [0.2, 0.25) is 0 Å². The Labute approximate surface area is 208 Å². The molecule has 0 radical (unpaired) electrons. The van der Waals surface area contributed by atoms with E-state index in [9.17, 15) is 22.4 Å². The van der Waals surface area contributed by atoms with Crippen molar-refractivity contribution in [2.24, 2.45) is 0 Å². The van der Waals surface area contributed by atoms with Crippen molar-refractivity contribution in [2.75, 3.05) is 44.5 Å². The van der Waals surface area contributed by atoms with Gasteiger partial charge < -0.3 is 25.0 Å². The second-order valence-electron chi connectivity index (χ2n) is 8.29. The number of morpholine rings is 1. The van der Waals surface area contributed by atoms with Gasteiger partial charge in [0, 0.05) is 32.4 Å². The van der Waals surface area contributed by atoms with Gasteiger partial charge in [-0.05, 0) is 25.1 Å². The normalized spacial score (nSPS) is 16.0. The minimum absolute atomic E-state index is 0.0134. The lowest BCUT2D eigenvalue weighted by molar-refractivity contribution is -0.140. The molecule has 1 unspecified atom stereocenters. The van der Waals surface area contributed by atoms with E-state index >= 15 is 0 Å². The van der Waals surface area contributed by atoms with Crippen molar-refractivity contribution in [1.82, 2.24) is 29.8 Å². The monoisotopic (exact) mass is 522 g/mol. The molecular weight excluding hydrogens is 500 g/mol. The molecule has 2 aromatic heterocycles. The van der Waals surface area contributed by atoms with Crippen molar-refractivity contribution in [3.63, 3.8) is 0 Å². The predicted molar refractivity (Wildman–Crippen MR) is 122 cm³/mol. The van der Waals surface area contributed by atoms with E-state index in [4.69, 9.17) is 15.2 Å². The van der Waals surface area contributed by atoms with Crippen LogP contribution in [0.25, 0.3) is 11.4 Å². The van der Waals surface area contributed by atoms with Gasteiger partial charge in [0.2, 0.25) is 11.9 Å². The lowest BCUT2D eigenvalue weighted by Gasteiger charge is -2.33. The number of hydrogen-bond donors (Lipinski definition) is 1. The summed E-state index contributed by atoms with van der Waals surface area (Å²) in [7, 11) is 3.03. The van der Waals surface area contributed by atoms with Crippen molar-refractivity contribution >= 4 is 17.8 Å². The Morgan fingerprint density at radius 1 is 1.22 bits per heavy atom. The van der Waals surface area contributed by atoms with Crippen LogP contribution >= 0.6 is 0 Å². The molecule has 1 amide bonds. The Hall–Kier alpha value is -4.14. The van der Waals surface area contributed by atoms with Crippen LogP contribution in [-0.4, -0.2) is 75.6 Å². The summed E-state index contributed by atoms with van der Waals surface area (Å²) in [5.41, 5.74) is 3.53. The molecule has 1 aromatic carbocycles. The molecule has 15 heteroatoms. The van der Waals surface area contributed by atoms with E-state index < -0.39 is 46.9 Å². The molecule has 4 rings (SSSR count). The predicted octanol–water partition coefficient (Wildman–Crippen LogP) is 2.79. The summed E-state index contributed by atoms with van der Waals surface area (Å²) in [6, 6.07) is 2.80. The summed E-state index contributed by atoms with van der Waals surface area (Å²) < 4.78 is 66.9. The number of benzene rings is 1. The number of halogens is 4. The van der Waals surface area contributed by atoms with Crippen LogP contribution in [0.4, 0.5) is 29.5 Å². The van der Waals surface area contributed by atoms with E-state index in [0.717, 1.165) is 12.3 Å². The Kier molecular flexibility index (Phi) is 7.07. The number of alkyl halides is 3. The molecule has 1 aliphatic rings. The molecule has 11 nitrogen and oxygen atoms in total. The fourth-order valence-electron chi connectivity index (χ4n) is 3.51. The first-order valence-corrected chi connectivity index (χ1v) is 10.9. The molecule has 1 aliphatic heterocycles. The first-order valence-electron chi connectivity index (χ1n) is 10.9. The van der Waals surface area contributed by atoms with Gasteiger partial charge in [0.05, 0.1) is 24.8 Å². The second-order valence-corrected chi connectivity index (χ2v) is 8.29. The Bertz CT molecular complexity index is 1320. The SMILES string of the molecule is CC1COCCN1c1nc(Oc2ccc(C(=O)N(C)C)cc2F)nc(-c2cnc(N)nc2C(F)(F)F)n1. The van der Waals surface area contributed by atoms with Crippen LogP contribution < -0.4 is 15.4 Å². The van der Waals surface area contributed by atoms with Gasteiger partial charge in [0.25, 0.3) is 5.91 Å². The molecule has 1 atom stereocenters. The fraction of sp³-hybridized carbons (Fsp3) is 0.364. The van der Waals surface area contributed by atoms with Gasteiger partial charge in [-0.1, -0.05) is 0 Å². The molecule has 1 saturated heterocycles. The standard InChI is InChI=1S/C22H22F4N8O3/c1-11-10-36-7-6-34(11)20-30-17(13-9-28-19(27)29-16(13)22(24,25)26)31-21(32-20)37-15-5-4-12(8-14(15)23)18(35)33(2)3/h4-5,8-9,11H,6-7,10H2,1-3H3,(H2,27,28,29). The molecule has 3 heterocycles. The molecule has 2 N–H and O–H groups in total. The first-order chi connectivity index (χ1) is 17.4. The molecule has 0 saturated carbocycles. The number of rotatable bonds is 5. The minimum Gasteiger partial charge on any atom is -0.421 e. The number of hydrogen-bond acceptors (Lipinski definition) is 10. The average molecular weight is 522 g/mol. The molecular formula is C22H22F4N8O3. The third kappa shape index (κ3) is 5.66. The van der Waals surface area contributed by atoms with Crippen LogP contribution in [0.15, 0.2) is 24.4 Å². The van der Waals surface area contributed by atoms with Gasteiger partial charge in [0.15, 0.2) is 23.1 Å². The molecule has 196 valence electrons. The van der Waals surface area contributed by atoms with Crippen molar-refractivity contribution in [2.45, 2.75) is 19.1 Å². The average Bonchev–Trinajstić information content (AvgIpc) is 2.84. The molecule has 0 aliphatic carbocycles. The topological polar surface area (TPSA) is 132 Å². The summed E-state index contributed by atoms with van der Waals surface area (Å²) >= 11 is 0. The zero-order valence-electron chi connectivity index (χ0n) is 20.0. The first kappa shape index (κ1) is 25.9. The number of nitrogens with two attached hydrogens (primary N) is 1. The number of nitrogens with zero attached hydrogens (tertiary/aromatic N) is 7. The van der Waals surface area contributed by atoms with Crippen LogP contribution in [0.5, 0.6) is 11.8 Å². The van der Waals surface area contributed by atoms with E-state index in [1.54, 1.807) is 4.90 Å². The zero-order chi connectivity index (χ0) is 26.9. The molecule has 3 aromatic rings. The van der Waals surface area contributed by atoms with E-state index in [1.807, 2.05) is 6.92 Å². The van der Waals surface area contributed by atoms with Crippen molar-refractivity contribution in [3.8, 4) is 23.1 Å². The van der Waals surface area contributed by atoms with Gasteiger partial charge in [-0.25, -0.2) is 14.4 Å². The smallest absolute Gasteiger partial charge is 0.421 e. The molecule has 0 spiro atoms. The van der Waals surface area contributed by atoms with Crippen LogP contribution in [-0.2, 0) is 10.9 Å². The third-order valence-electron chi connectivity index (χ3n) is 5.33. The quantitative estimate of drug-likeness (QED) is 0.499. The number of amides is 1. The maximum Gasteiger partial charge on any atom is 0.434 e. The van der Waals surface area contributed by atoms with Gasteiger partial charge in [0.1, 0.15) is 0 Å². The van der Waals surface area contributed by atoms with Gasteiger partial charge in [-0.15, -0.1) is 0 Å². The van der Waals surface area contributed by atoms with Crippen LogP contribution in [0.1, 0.15) is 23.0 Å². The summed E-state index contributed by atoms with van der Waals surface area (Å²) in [6.07, 6.45) is -4.05. The zero-order valence-corrected chi connectivity index (χ0v) is 20.0. The highest BCUT2D eigenvalue weighted by molar-refractivity contribution is 5.94. The highest BCUT2D eigenvalue weighted by atomic mass is 19.4. The summed E-state index contributed by atoms with van der Waals surface area (Å²) in [4.78, 5) is 34.4. The fourth-order valence-corrected chi connectivity index (χ4v) is 3.51. The lowest BCUT2D eigenvalue weighted by Crippen LogP contribution is -2.44. The van der Waals surface area contributed by atoms with Crippen LogP contribution in [0.3, 0.4) is 0 Å². The molecule has 0 bridgehead atoms. The Morgan fingerprint density at radius 2 is 1.97 bits per heavy atom. The summed E-state index contributed by atoms with van der Waals surface area (Å²) in [5.74, 6) is -2.73. The van der Waals surface area contributed by atoms with E-state index in [-0.39, 0.29) is 23.3 Å². The highest BCUT2D eigenvalue weighted by Gasteiger charge is 2.38. The van der Waals surface area contributed by atoms with Crippen molar-refractivity contribution in [1.29, 1.82) is 0 Å². The largest absolute Gasteiger partial charge is 0.434 e. The van der Waals surface area contributed by atoms with Gasteiger partial charge in [-0.3, -0.25) is 4.79 Å². The third-order valence-corrected chi connectivity index (χ3v) is 5.33. The van der Waals surface area contributed by atoms with Gasteiger partial charge in [-0.2, -0.15) is 28.1 Å². The Balaban J connectivity index is 1.80. The highest BCUT2D eigenvalue weighted by Crippen LogP contribution is 2.36.